The maximum atomic E-state index is 13.8. The van der Waals surface area contributed by atoms with Crippen LogP contribution in [0.3, 0.4) is 0 Å². The second kappa shape index (κ2) is 21.7. The monoisotopic (exact) mass is 886 g/mol. The van der Waals surface area contributed by atoms with Gasteiger partial charge in [-0.3, -0.25) is 14.5 Å². The quantitative estimate of drug-likeness (QED) is 0.0467. The Labute approximate surface area is 347 Å². The molecule has 0 radical (unpaired) electrons. The number of epoxide rings is 1. The molecule has 10 atom stereocenters. The van der Waals surface area contributed by atoms with Gasteiger partial charge in [-0.2, -0.15) is 0 Å². The van der Waals surface area contributed by atoms with Crippen molar-refractivity contribution in [3.63, 3.8) is 0 Å². The number of ether oxygens (including phenoxy) is 4. The Morgan fingerprint density at radius 1 is 1.09 bits per heavy atom. The fourth-order valence-corrected chi connectivity index (χ4v) is 8.68. The van der Waals surface area contributed by atoms with E-state index in [-0.39, 0.29) is 79.3 Å². The number of aliphatic hydroxyl groups excluding tert-OH is 2. The first-order chi connectivity index (χ1) is 25.5. The highest BCUT2D eigenvalue weighted by Gasteiger charge is 2.46. The molecule has 0 aromatic carbocycles. The van der Waals surface area contributed by atoms with Crippen molar-refractivity contribution in [3.8, 4) is 0 Å². The van der Waals surface area contributed by atoms with Gasteiger partial charge in [0.25, 0.3) is 0 Å². The predicted octanol–water partition coefficient (Wildman–Crippen LogP) is 3.65. The van der Waals surface area contributed by atoms with Crippen molar-refractivity contribution in [3.05, 3.63) is 36.0 Å². The minimum atomic E-state index is -1.30. The lowest BCUT2D eigenvalue weighted by Crippen LogP contribution is -3.00. The third-order valence-electron chi connectivity index (χ3n) is 12.7. The molecule has 0 bridgehead atoms. The summed E-state index contributed by atoms with van der Waals surface area (Å²) in [4.78, 5) is 41.2. The summed E-state index contributed by atoms with van der Waals surface area (Å²) in [6.45, 7) is 15.9. The summed E-state index contributed by atoms with van der Waals surface area (Å²) < 4.78 is 24.9. The van der Waals surface area contributed by atoms with Gasteiger partial charge >= 0.3 is 18.0 Å². The number of cyclic esters (lactones) is 1. The number of halogens is 1. The van der Waals surface area contributed by atoms with Crippen LogP contribution >= 0.6 is 0 Å². The molecule has 314 valence electrons. The molecular weight excluding hydrogens is 815 g/mol. The van der Waals surface area contributed by atoms with Crippen LogP contribution in [0, 0.1) is 17.8 Å². The Hall–Kier alpha value is -2.00. The molecule has 0 aromatic rings. The summed E-state index contributed by atoms with van der Waals surface area (Å²) in [6, 6.07) is 0.622. The van der Waals surface area contributed by atoms with E-state index in [4.69, 9.17) is 18.9 Å². The second-order valence-corrected chi connectivity index (χ2v) is 17.3. The van der Waals surface area contributed by atoms with Crippen LogP contribution in [0.25, 0.3) is 0 Å². The van der Waals surface area contributed by atoms with E-state index in [0.29, 0.717) is 25.6 Å². The van der Waals surface area contributed by atoms with Crippen molar-refractivity contribution in [2.24, 2.45) is 17.8 Å². The lowest BCUT2D eigenvalue weighted by Gasteiger charge is -2.47. The summed E-state index contributed by atoms with van der Waals surface area (Å²) in [6.07, 6.45) is 15.6. The molecule has 55 heavy (non-hydrogen) atoms. The molecule has 3 heterocycles. The van der Waals surface area contributed by atoms with Gasteiger partial charge in [0.15, 0.2) is 11.7 Å². The third-order valence-corrected chi connectivity index (χ3v) is 12.7. The minimum Gasteiger partial charge on any atom is -1.00 e. The number of carbonyl (C=O) groups excluding carboxylic acids is 3. The standard InChI is InChI=1S/C43H71N2O9.HI/c1-9-36(48)32(5)41-37(52-41)27-29(2)15-14-16-30(3)40-31(4)19-20-38(51-33(6)46)43(7,22-21-35(47)28-39(49)53-40)54-42(50)44-23-25-45(8,26-24-44)34-17-12-10-11-13-18-34;/h14-16,19-20,29,31-32,34-38,40-41,47-48H,9-13,17-18,21-28H2,1-8H3;1H/q+1;/p-1/b15-14+,20-19+,30-16+;/t29-,31+,32-,35-,36+,37-,38+,40-,41-,43-;/m1./s1. The molecule has 2 saturated heterocycles. The molecule has 0 spiro atoms. The average molecular weight is 887 g/mol. The van der Waals surface area contributed by atoms with Gasteiger partial charge in [0.05, 0.1) is 70.1 Å². The van der Waals surface area contributed by atoms with Crippen molar-refractivity contribution in [1.82, 2.24) is 4.90 Å². The Bertz CT molecular complexity index is 1340. The summed E-state index contributed by atoms with van der Waals surface area (Å²) in [5, 5.41) is 21.2. The smallest absolute Gasteiger partial charge is 0.410 e. The van der Waals surface area contributed by atoms with E-state index in [0.717, 1.165) is 29.6 Å². The number of carbonyl (C=O) groups is 3. The topological polar surface area (TPSA) is 135 Å². The number of hydrogen-bond acceptors (Lipinski definition) is 9. The maximum absolute atomic E-state index is 13.8. The summed E-state index contributed by atoms with van der Waals surface area (Å²) >= 11 is 0. The first kappa shape index (κ1) is 47.4. The maximum Gasteiger partial charge on any atom is 0.410 e. The fourth-order valence-electron chi connectivity index (χ4n) is 8.68. The summed E-state index contributed by atoms with van der Waals surface area (Å²) in [5.74, 6) is -1.02. The SMILES string of the molecule is CC[C@H](O)[C@@H](C)[C@H]1O[C@@H]1C[C@H](C)/C=C/C=C(\C)[C@H]1OC(=O)C[C@H](O)CC[C@@](C)(OC(=O)N2CC[N+](C)(C3CCCCCC3)CC2)[C@@H](OC(C)=O)/C=C/[C@@H]1C.[I-]. The molecule has 4 aliphatic rings. The van der Waals surface area contributed by atoms with Gasteiger partial charge in [-0.1, -0.05) is 64.8 Å². The molecule has 12 heteroatoms. The lowest BCUT2D eigenvalue weighted by atomic mass is 9.88. The molecule has 1 saturated carbocycles. The number of rotatable bonds is 11. The largest absolute Gasteiger partial charge is 1.00 e. The van der Waals surface area contributed by atoms with E-state index in [1.54, 1.807) is 17.9 Å². The van der Waals surface area contributed by atoms with E-state index in [1.165, 1.54) is 45.4 Å². The molecule has 2 N–H and O–H groups in total. The molecule has 1 amide bonds. The highest BCUT2D eigenvalue weighted by molar-refractivity contribution is 5.71. The van der Waals surface area contributed by atoms with Crippen molar-refractivity contribution < 1.29 is 72.0 Å². The predicted molar refractivity (Wildman–Crippen MR) is 208 cm³/mol. The average Bonchev–Trinajstić information content (AvgIpc) is 3.94. The molecule has 0 aromatic heterocycles. The highest BCUT2D eigenvalue weighted by atomic mass is 127. The van der Waals surface area contributed by atoms with Gasteiger partial charge in [-0.15, -0.1) is 0 Å². The first-order valence-corrected chi connectivity index (χ1v) is 20.8. The Kier molecular flexibility index (Phi) is 18.7. The van der Waals surface area contributed by atoms with Gasteiger partial charge in [0.2, 0.25) is 0 Å². The van der Waals surface area contributed by atoms with Crippen LogP contribution in [0.15, 0.2) is 36.0 Å². The summed E-state index contributed by atoms with van der Waals surface area (Å²) in [7, 11) is 2.32. The van der Waals surface area contributed by atoms with Gasteiger partial charge in [-0.25, -0.2) is 4.79 Å². The van der Waals surface area contributed by atoms with Crippen LogP contribution in [0.1, 0.15) is 119 Å². The Morgan fingerprint density at radius 2 is 1.75 bits per heavy atom. The van der Waals surface area contributed by atoms with Crippen molar-refractivity contribution in [2.75, 3.05) is 33.2 Å². The molecule has 11 nitrogen and oxygen atoms in total. The Balaban J connectivity index is 0.00000812. The number of likely N-dealkylation sites (N-methyl/N-ethyl adjacent to an activating group) is 1. The number of nitrogens with zero attached hydrogens (tertiary/aromatic N) is 2. The van der Waals surface area contributed by atoms with Crippen LogP contribution in [0.2, 0.25) is 0 Å². The van der Waals surface area contributed by atoms with Crippen LogP contribution in [-0.4, -0.2) is 119 Å². The van der Waals surface area contributed by atoms with E-state index >= 15 is 0 Å². The summed E-state index contributed by atoms with van der Waals surface area (Å²) in [5.41, 5.74) is -0.482. The number of hydrogen-bond donors (Lipinski definition) is 2. The zero-order valence-corrected chi connectivity index (χ0v) is 36.9. The number of piperazine rings is 1. The third kappa shape index (κ3) is 13.8. The van der Waals surface area contributed by atoms with Crippen molar-refractivity contribution in [2.45, 2.75) is 167 Å². The van der Waals surface area contributed by atoms with Gasteiger partial charge in [0.1, 0.15) is 6.10 Å². The van der Waals surface area contributed by atoms with Gasteiger partial charge in [0, 0.05) is 18.8 Å². The molecule has 4 rings (SSSR count). The molecule has 3 aliphatic heterocycles. The van der Waals surface area contributed by atoms with Crippen LogP contribution in [-0.2, 0) is 28.5 Å². The number of amides is 1. The van der Waals surface area contributed by atoms with Crippen LogP contribution in [0.4, 0.5) is 4.79 Å². The van der Waals surface area contributed by atoms with Crippen molar-refractivity contribution >= 4 is 18.0 Å². The fraction of sp³-hybridized carbons (Fsp3) is 0.791. The van der Waals surface area contributed by atoms with Crippen LogP contribution in [0.5, 0.6) is 0 Å². The minimum absolute atomic E-state index is 0. The van der Waals surface area contributed by atoms with Gasteiger partial charge in [-0.05, 0) is 82.8 Å². The highest BCUT2D eigenvalue weighted by Crippen LogP contribution is 2.37. The number of allylic oxidation sites excluding steroid dienone is 3. The van der Waals surface area contributed by atoms with E-state index in [2.05, 4.69) is 20.0 Å². The second-order valence-electron chi connectivity index (χ2n) is 17.3. The number of quaternary nitrogens is 1. The number of esters is 2. The normalized spacial score (nSPS) is 33.4. The van der Waals surface area contributed by atoms with Crippen molar-refractivity contribution in [1.29, 1.82) is 0 Å². The zero-order chi connectivity index (χ0) is 39.6. The first-order valence-electron chi connectivity index (χ1n) is 20.8. The molecule has 1 aliphatic carbocycles. The Morgan fingerprint density at radius 3 is 2.36 bits per heavy atom. The van der Waals surface area contributed by atoms with E-state index in [9.17, 15) is 24.6 Å². The zero-order valence-electron chi connectivity index (χ0n) is 34.8. The molecule has 0 unspecified atom stereocenters. The lowest BCUT2D eigenvalue weighted by molar-refractivity contribution is -0.937. The van der Waals surface area contributed by atoms with Crippen LogP contribution < -0.4 is 24.0 Å². The van der Waals surface area contributed by atoms with Gasteiger partial charge < -0.3 is 57.6 Å². The molecular formula is C43H71IN2O9. The van der Waals surface area contributed by atoms with E-state index < -0.39 is 41.9 Å². The molecule has 3 fully saturated rings. The number of aliphatic hydroxyl groups is 2. The van der Waals surface area contributed by atoms with E-state index in [1.807, 2.05) is 45.9 Å².